The van der Waals surface area contributed by atoms with E-state index in [9.17, 15) is 10.2 Å². The van der Waals surface area contributed by atoms with Crippen LogP contribution in [-0.4, -0.2) is 15.9 Å². The fourth-order valence-corrected chi connectivity index (χ4v) is 1.27. The summed E-state index contributed by atoms with van der Waals surface area (Å²) in [7, 11) is 0. The Bertz CT molecular complexity index is 475. The number of benzene rings is 1. The van der Waals surface area contributed by atoms with Gasteiger partial charge in [0.15, 0.2) is 11.5 Å². The molecule has 0 saturated heterocycles. The second-order valence-corrected chi connectivity index (χ2v) is 3.05. The molecule has 0 amide bonds. The van der Waals surface area contributed by atoms with E-state index in [1.807, 2.05) is 0 Å². The van der Waals surface area contributed by atoms with Gasteiger partial charge in [-0.25, -0.2) is 0 Å². The van der Waals surface area contributed by atoms with Crippen molar-refractivity contribution < 1.29 is 10.2 Å². The molecule has 0 bridgehead atoms. The smallest absolute Gasteiger partial charge is 0.165 e. The molecule has 0 aromatic heterocycles. The van der Waals surface area contributed by atoms with E-state index in [2.05, 4.69) is 0 Å². The van der Waals surface area contributed by atoms with Gasteiger partial charge < -0.3 is 15.6 Å². The highest BCUT2D eigenvalue weighted by Gasteiger charge is 1.99. The van der Waals surface area contributed by atoms with Crippen LogP contribution in [0.25, 0.3) is 12.2 Å². The van der Waals surface area contributed by atoms with Crippen LogP contribution in [0.3, 0.4) is 0 Å². The second kappa shape index (κ2) is 3.96. The SMILES string of the molecule is C/C=c1/c(O)c(O)cc/c1=C/C(C)=N. The largest absolute Gasteiger partial charge is 0.504 e. The molecule has 1 aromatic carbocycles. The van der Waals surface area contributed by atoms with Gasteiger partial charge >= 0.3 is 0 Å². The van der Waals surface area contributed by atoms with Gasteiger partial charge in [0.25, 0.3) is 0 Å². The molecule has 0 unspecified atom stereocenters. The number of aromatic hydroxyl groups is 2. The molecule has 3 nitrogen and oxygen atoms in total. The van der Waals surface area contributed by atoms with E-state index in [1.54, 1.807) is 32.1 Å². The van der Waals surface area contributed by atoms with Crippen molar-refractivity contribution in [3.63, 3.8) is 0 Å². The van der Waals surface area contributed by atoms with Gasteiger partial charge in [-0.05, 0) is 31.2 Å². The van der Waals surface area contributed by atoms with Crippen LogP contribution in [0, 0.1) is 5.41 Å². The van der Waals surface area contributed by atoms with Crippen LogP contribution in [0.5, 0.6) is 11.5 Å². The van der Waals surface area contributed by atoms with Crippen molar-refractivity contribution in [1.29, 1.82) is 5.41 Å². The van der Waals surface area contributed by atoms with E-state index in [0.29, 0.717) is 10.9 Å². The monoisotopic (exact) mass is 191 g/mol. The Balaban J connectivity index is 3.65. The summed E-state index contributed by atoms with van der Waals surface area (Å²) in [6.45, 7) is 3.43. The molecule has 0 heterocycles. The van der Waals surface area contributed by atoms with Gasteiger partial charge in [0.05, 0.1) is 0 Å². The van der Waals surface area contributed by atoms with Crippen molar-refractivity contribution in [2.24, 2.45) is 0 Å². The molecule has 1 rings (SSSR count). The molecule has 0 radical (unpaired) electrons. The van der Waals surface area contributed by atoms with Crippen LogP contribution in [0.15, 0.2) is 12.1 Å². The summed E-state index contributed by atoms with van der Waals surface area (Å²) in [6, 6.07) is 3.08. The molecule has 14 heavy (non-hydrogen) atoms. The summed E-state index contributed by atoms with van der Waals surface area (Å²) in [5.41, 5.74) is 0.401. The minimum Gasteiger partial charge on any atom is -0.504 e. The van der Waals surface area contributed by atoms with Gasteiger partial charge in [-0.15, -0.1) is 0 Å². The predicted molar refractivity (Wildman–Crippen MR) is 57.0 cm³/mol. The van der Waals surface area contributed by atoms with Crippen molar-refractivity contribution in [2.45, 2.75) is 13.8 Å². The lowest BCUT2D eigenvalue weighted by Crippen LogP contribution is -2.25. The van der Waals surface area contributed by atoms with Gasteiger partial charge in [-0.3, -0.25) is 0 Å². The standard InChI is InChI=1S/C11H13NO2/c1-3-9-8(6-7(2)12)4-5-10(13)11(9)14/h3-6,12-14H,1-2H3/b8-6-,9-3+,12-7?. The fourth-order valence-electron chi connectivity index (χ4n) is 1.27. The maximum atomic E-state index is 9.52. The molecule has 0 spiro atoms. The normalized spacial score (nSPS) is 13.3. The molecule has 0 aliphatic heterocycles. The molecule has 0 aliphatic rings. The van der Waals surface area contributed by atoms with E-state index in [1.165, 1.54) is 6.07 Å². The Morgan fingerprint density at radius 1 is 1.36 bits per heavy atom. The third-order valence-electron chi connectivity index (χ3n) is 1.89. The van der Waals surface area contributed by atoms with E-state index in [-0.39, 0.29) is 11.5 Å². The number of hydrogen-bond acceptors (Lipinski definition) is 3. The highest BCUT2D eigenvalue weighted by atomic mass is 16.3. The summed E-state index contributed by atoms with van der Waals surface area (Å²) < 4.78 is 0. The Morgan fingerprint density at radius 3 is 2.50 bits per heavy atom. The summed E-state index contributed by atoms with van der Waals surface area (Å²) in [4.78, 5) is 0. The van der Waals surface area contributed by atoms with Crippen LogP contribution in [0.1, 0.15) is 13.8 Å². The number of rotatable bonds is 1. The molecule has 0 atom stereocenters. The zero-order valence-electron chi connectivity index (χ0n) is 8.20. The third kappa shape index (κ3) is 1.93. The highest BCUT2D eigenvalue weighted by molar-refractivity contribution is 6.06. The van der Waals surface area contributed by atoms with Crippen molar-refractivity contribution in [3.05, 3.63) is 22.6 Å². The molecular formula is C11H13NO2. The first kappa shape index (κ1) is 10.3. The zero-order valence-corrected chi connectivity index (χ0v) is 8.20. The van der Waals surface area contributed by atoms with Gasteiger partial charge in [0, 0.05) is 10.9 Å². The molecular weight excluding hydrogens is 178 g/mol. The molecule has 0 fully saturated rings. The maximum Gasteiger partial charge on any atom is 0.165 e. The molecule has 0 saturated carbocycles. The Hall–Kier alpha value is -1.77. The number of hydrogen-bond donors (Lipinski definition) is 3. The average molecular weight is 191 g/mol. The van der Waals surface area contributed by atoms with Gasteiger partial charge in [0.1, 0.15) is 0 Å². The molecule has 3 heteroatoms. The Kier molecular flexibility index (Phi) is 2.92. The van der Waals surface area contributed by atoms with Gasteiger partial charge in [0.2, 0.25) is 0 Å². The van der Waals surface area contributed by atoms with E-state index in [0.717, 1.165) is 5.22 Å². The van der Waals surface area contributed by atoms with E-state index in [4.69, 9.17) is 5.41 Å². The Labute approximate surface area is 82.2 Å². The molecule has 74 valence electrons. The number of nitrogens with one attached hydrogen (secondary N) is 1. The van der Waals surface area contributed by atoms with Crippen molar-refractivity contribution in [1.82, 2.24) is 0 Å². The number of phenols is 2. The van der Waals surface area contributed by atoms with Gasteiger partial charge in [-0.2, -0.15) is 0 Å². The minimum atomic E-state index is -0.141. The maximum absolute atomic E-state index is 9.52. The lowest BCUT2D eigenvalue weighted by molar-refractivity contribution is 0.400. The summed E-state index contributed by atoms with van der Waals surface area (Å²) >= 11 is 0. The first-order valence-electron chi connectivity index (χ1n) is 4.30. The minimum absolute atomic E-state index is 0.137. The lowest BCUT2D eigenvalue weighted by Gasteiger charge is -1.98. The first-order valence-corrected chi connectivity index (χ1v) is 4.30. The molecule has 1 aromatic rings. The fraction of sp³-hybridized carbons (Fsp3) is 0.182. The third-order valence-corrected chi connectivity index (χ3v) is 1.89. The number of phenolic OH excluding ortho intramolecular Hbond substituents is 2. The van der Waals surface area contributed by atoms with Crippen LogP contribution in [0.2, 0.25) is 0 Å². The van der Waals surface area contributed by atoms with Crippen LogP contribution < -0.4 is 10.4 Å². The quantitative estimate of drug-likeness (QED) is 0.452. The van der Waals surface area contributed by atoms with E-state index < -0.39 is 0 Å². The van der Waals surface area contributed by atoms with Crippen molar-refractivity contribution in [2.75, 3.05) is 0 Å². The zero-order chi connectivity index (χ0) is 10.7. The highest BCUT2D eigenvalue weighted by Crippen LogP contribution is 2.15. The second-order valence-electron chi connectivity index (χ2n) is 3.05. The van der Waals surface area contributed by atoms with Crippen molar-refractivity contribution in [3.8, 4) is 11.5 Å². The Morgan fingerprint density at radius 2 is 2.00 bits per heavy atom. The lowest BCUT2D eigenvalue weighted by atomic mass is 10.1. The summed E-state index contributed by atoms with van der Waals surface area (Å²) in [5, 5.41) is 27.4. The molecule has 3 N–H and O–H groups in total. The van der Waals surface area contributed by atoms with Crippen molar-refractivity contribution >= 4 is 17.9 Å². The average Bonchev–Trinajstić information content (AvgIpc) is 2.11. The van der Waals surface area contributed by atoms with Gasteiger partial charge in [-0.1, -0.05) is 12.1 Å². The van der Waals surface area contributed by atoms with Crippen LogP contribution in [-0.2, 0) is 0 Å². The van der Waals surface area contributed by atoms with Crippen LogP contribution in [0.4, 0.5) is 0 Å². The van der Waals surface area contributed by atoms with Crippen LogP contribution >= 0.6 is 0 Å². The summed E-state index contributed by atoms with van der Waals surface area (Å²) in [6.07, 6.45) is 3.33. The molecule has 0 aliphatic carbocycles. The topological polar surface area (TPSA) is 64.3 Å². The van der Waals surface area contributed by atoms with E-state index >= 15 is 0 Å². The first-order chi connectivity index (χ1) is 6.56. The summed E-state index contributed by atoms with van der Waals surface area (Å²) in [5.74, 6) is -0.277. The predicted octanol–water partition coefficient (Wildman–Crippen LogP) is 0.718.